The fourth-order valence-electron chi connectivity index (χ4n) is 4.02. The first-order valence-electron chi connectivity index (χ1n) is 8.25. The van der Waals surface area contributed by atoms with Gasteiger partial charge in [0.2, 0.25) is 0 Å². The van der Waals surface area contributed by atoms with Gasteiger partial charge in [-0.15, -0.1) is 0 Å². The first kappa shape index (κ1) is 16.0. The highest BCUT2D eigenvalue weighted by Crippen LogP contribution is 2.49. The van der Waals surface area contributed by atoms with Crippen LogP contribution in [0.2, 0.25) is 0 Å². The highest BCUT2D eigenvalue weighted by atomic mass is 16.5. The van der Waals surface area contributed by atoms with Crippen molar-refractivity contribution in [3.8, 4) is 0 Å². The van der Waals surface area contributed by atoms with E-state index in [9.17, 15) is 9.59 Å². The zero-order valence-corrected chi connectivity index (χ0v) is 14.2. The quantitative estimate of drug-likeness (QED) is 0.864. The summed E-state index contributed by atoms with van der Waals surface area (Å²) in [5, 5.41) is 7.33. The molecular weight excluding hydrogens is 294 g/mol. The maximum Gasteiger partial charge on any atom is 0.311 e. The molecule has 2 bridgehead atoms. The van der Waals surface area contributed by atoms with Crippen LogP contribution in [-0.2, 0) is 15.1 Å². The average Bonchev–Trinajstić information content (AvgIpc) is 3.20. The lowest BCUT2D eigenvalue weighted by atomic mass is 9.84. The van der Waals surface area contributed by atoms with Crippen molar-refractivity contribution >= 4 is 11.9 Å². The minimum atomic E-state index is -0.208. The van der Waals surface area contributed by atoms with Crippen LogP contribution in [0.25, 0.3) is 0 Å². The maximum absolute atomic E-state index is 12.6. The number of carbonyl (C=O) groups excluding carboxylic acids is 2. The minimum absolute atomic E-state index is 0.119. The van der Waals surface area contributed by atoms with Gasteiger partial charge in [0.05, 0.1) is 30.3 Å². The fraction of sp³-hybridized carbons (Fsp3) is 0.706. The van der Waals surface area contributed by atoms with Gasteiger partial charge >= 0.3 is 5.97 Å². The molecule has 3 rings (SSSR count). The number of fused-ring (bicyclic) bond motifs is 2. The molecule has 1 heterocycles. The van der Waals surface area contributed by atoms with Crippen LogP contribution in [0, 0.1) is 17.8 Å². The normalized spacial score (nSPS) is 29.6. The van der Waals surface area contributed by atoms with Crippen LogP contribution in [0.4, 0.5) is 0 Å². The highest BCUT2D eigenvalue weighted by Gasteiger charge is 2.52. The predicted molar refractivity (Wildman–Crippen MR) is 84.8 cm³/mol. The number of carbonyl (C=O) groups is 2. The number of nitrogens with zero attached hydrogens (tertiary/aromatic N) is 2. The van der Waals surface area contributed by atoms with E-state index in [0.29, 0.717) is 17.4 Å². The molecule has 0 aromatic carbocycles. The molecule has 0 spiro atoms. The van der Waals surface area contributed by atoms with Crippen molar-refractivity contribution in [3.05, 3.63) is 18.0 Å². The van der Waals surface area contributed by atoms with Gasteiger partial charge in [0, 0.05) is 12.2 Å². The molecule has 126 valence electrons. The number of ether oxygens (including phenoxy) is 1. The number of rotatable bonds is 3. The summed E-state index contributed by atoms with van der Waals surface area (Å²) < 4.78 is 6.72. The third-order valence-corrected chi connectivity index (χ3v) is 5.22. The summed E-state index contributed by atoms with van der Waals surface area (Å²) in [6, 6.07) is -0.119. The van der Waals surface area contributed by atoms with E-state index in [1.54, 1.807) is 17.1 Å². The summed E-state index contributed by atoms with van der Waals surface area (Å²) >= 11 is 0. The Labute approximate surface area is 136 Å². The Hall–Kier alpha value is -1.85. The van der Waals surface area contributed by atoms with Crippen LogP contribution >= 0.6 is 0 Å². The Morgan fingerprint density at radius 3 is 2.61 bits per heavy atom. The van der Waals surface area contributed by atoms with Gasteiger partial charge in [-0.2, -0.15) is 5.10 Å². The number of hydrogen-bond donors (Lipinski definition) is 1. The highest BCUT2D eigenvalue weighted by molar-refractivity contribution is 5.94. The third-order valence-electron chi connectivity index (χ3n) is 5.22. The van der Waals surface area contributed by atoms with Crippen molar-refractivity contribution < 1.29 is 14.3 Å². The molecule has 2 fully saturated rings. The summed E-state index contributed by atoms with van der Waals surface area (Å²) in [6.07, 6.45) is 6.48. The average molecular weight is 319 g/mol. The number of nitrogens with one attached hydrogen (secondary N) is 1. The molecule has 2 aliphatic rings. The van der Waals surface area contributed by atoms with Gasteiger partial charge in [0.15, 0.2) is 0 Å². The smallest absolute Gasteiger partial charge is 0.311 e. The van der Waals surface area contributed by atoms with Crippen molar-refractivity contribution in [2.24, 2.45) is 17.8 Å². The van der Waals surface area contributed by atoms with E-state index in [4.69, 9.17) is 4.74 Å². The summed E-state index contributed by atoms with van der Waals surface area (Å²) in [7, 11) is 1.42. The Morgan fingerprint density at radius 2 is 2.00 bits per heavy atom. The van der Waals surface area contributed by atoms with Crippen LogP contribution in [0.3, 0.4) is 0 Å². The standard InChI is InChI=1S/C17H25N3O3/c1-17(2,3)20-9-12(8-18-20)15(21)19-14-11-6-5-10(7-11)13(14)16(22)23-4/h8-11,13-14H,5-7H2,1-4H3,(H,19,21)/t10-,11-,13-,14+/m0/s1. The summed E-state index contributed by atoms with van der Waals surface area (Å²) in [5.41, 5.74) is 0.366. The van der Waals surface area contributed by atoms with Gasteiger partial charge in [-0.05, 0) is 51.9 Å². The first-order chi connectivity index (χ1) is 10.8. The molecule has 23 heavy (non-hydrogen) atoms. The molecule has 6 heteroatoms. The van der Waals surface area contributed by atoms with Crippen LogP contribution in [0.15, 0.2) is 12.4 Å². The Balaban J connectivity index is 1.74. The third kappa shape index (κ3) is 2.86. The number of aromatic nitrogens is 2. The van der Waals surface area contributed by atoms with Crippen LogP contribution < -0.4 is 5.32 Å². The summed E-state index contributed by atoms with van der Waals surface area (Å²) in [4.78, 5) is 24.6. The van der Waals surface area contributed by atoms with E-state index < -0.39 is 0 Å². The van der Waals surface area contributed by atoms with E-state index in [-0.39, 0.29) is 29.4 Å². The zero-order chi connectivity index (χ0) is 16.8. The van der Waals surface area contributed by atoms with Crippen molar-refractivity contribution in [3.63, 3.8) is 0 Å². The molecular formula is C17H25N3O3. The molecule has 2 saturated carbocycles. The lowest BCUT2D eigenvalue weighted by Crippen LogP contribution is -2.47. The second-order valence-corrected chi connectivity index (χ2v) is 7.73. The second kappa shape index (κ2) is 5.65. The van der Waals surface area contributed by atoms with E-state index in [0.717, 1.165) is 19.3 Å². The van der Waals surface area contributed by atoms with Crippen molar-refractivity contribution in [2.45, 2.75) is 51.6 Å². The maximum atomic E-state index is 12.6. The van der Waals surface area contributed by atoms with E-state index in [2.05, 4.69) is 10.4 Å². The molecule has 1 aromatic heterocycles. The molecule has 2 aliphatic carbocycles. The summed E-state index contributed by atoms with van der Waals surface area (Å²) in [6.45, 7) is 6.10. The lowest BCUT2D eigenvalue weighted by Gasteiger charge is -2.29. The van der Waals surface area contributed by atoms with E-state index in [1.807, 2.05) is 20.8 Å². The molecule has 0 unspecified atom stereocenters. The van der Waals surface area contributed by atoms with E-state index >= 15 is 0 Å². The number of methoxy groups -OCH3 is 1. The molecule has 4 atom stereocenters. The SMILES string of the molecule is COC(=O)[C@H]1[C@H]2CC[C@@H](C2)[C@H]1NC(=O)c1cnn(C(C)(C)C)c1. The predicted octanol–water partition coefficient (Wildman–Crippen LogP) is 1.96. The van der Waals surface area contributed by atoms with Gasteiger partial charge in [0.25, 0.3) is 5.91 Å². The molecule has 1 aromatic rings. The molecule has 6 nitrogen and oxygen atoms in total. The zero-order valence-electron chi connectivity index (χ0n) is 14.2. The molecule has 0 radical (unpaired) electrons. The number of hydrogen-bond acceptors (Lipinski definition) is 4. The topological polar surface area (TPSA) is 73.2 Å². The van der Waals surface area contributed by atoms with Crippen LogP contribution in [-0.4, -0.2) is 34.8 Å². The first-order valence-corrected chi connectivity index (χ1v) is 8.25. The largest absolute Gasteiger partial charge is 0.469 e. The van der Waals surface area contributed by atoms with Crippen molar-refractivity contribution in [1.82, 2.24) is 15.1 Å². The summed E-state index contributed by atoms with van der Waals surface area (Å²) in [5.74, 6) is 0.154. The van der Waals surface area contributed by atoms with Crippen LogP contribution in [0.5, 0.6) is 0 Å². The van der Waals surface area contributed by atoms with Crippen molar-refractivity contribution in [1.29, 1.82) is 0 Å². The molecule has 1 amide bonds. The Morgan fingerprint density at radius 1 is 1.30 bits per heavy atom. The molecule has 0 saturated heterocycles. The Kier molecular flexibility index (Phi) is 3.94. The Bertz CT molecular complexity index is 617. The molecule has 0 aliphatic heterocycles. The monoisotopic (exact) mass is 319 g/mol. The van der Waals surface area contributed by atoms with Crippen molar-refractivity contribution in [2.75, 3.05) is 7.11 Å². The fourth-order valence-corrected chi connectivity index (χ4v) is 4.02. The van der Waals surface area contributed by atoms with Crippen LogP contribution in [0.1, 0.15) is 50.4 Å². The minimum Gasteiger partial charge on any atom is -0.469 e. The van der Waals surface area contributed by atoms with E-state index in [1.165, 1.54) is 7.11 Å². The number of amides is 1. The van der Waals surface area contributed by atoms with Gasteiger partial charge in [-0.25, -0.2) is 0 Å². The van der Waals surface area contributed by atoms with Gasteiger partial charge in [-0.3, -0.25) is 14.3 Å². The number of esters is 1. The van der Waals surface area contributed by atoms with Gasteiger partial charge in [0.1, 0.15) is 0 Å². The lowest BCUT2D eigenvalue weighted by molar-refractivity contribution is -0.148. The molecule has 1 N–H and O–H groups in total. The second-order valence-electron chi connectivity index (χ2n) is 7.73. The van der Waals surface area contributed by atoms with Gasteiger partial charge in [-0.1, -0.05) is 0 Å². The van der Waals surface area contributed by atoms with Gasteiger partial charge < -0.3 is 10.1 Å².